The molecule has 2 N–H and O–H groups in total. The molecule has 2 bridgehead atoms. The predicted octanol–water partition coefficient (Wildman–Crippen LogP) is 15.9. The van der Waals surface area contributed by atoms with Gasteiger partial charge in [0.2, 0.25) is 0 Å². The molecule has 1 aromatic heterocycles. The van der Waals surface area contributed by atoms with Crippen LogP contribution in [0.1, 0.15) is 18.1 Å². The number of nitrogens with two attached hydrogens (primary N) is 1. The fraction of sp³-hybridized carbons (Fsp3) is 0.0492. The molecule has 12 rings (SSSR count). The first kappa shape index (κ1) is 39.3. The van der Waals surface area contributed by atoms with E-state index in [1.165, 1.54) is 22.3 Å². The molecule has 0 saturated carbocycles. The van der Waals surface area contributed by atoms with Crippen molar-refractivity contribution in [2.24, 2.45) is 0 Å². The molecule has 312 valence electrons. The molecule has 10 aromatic carbocycles. The van der Waals surface area contributed by atoms with Gasteiger partial charge in [-0.05, 0) is 124 Å². The highest BCUT2D eigenvalue weighted by Crippen LogP contribution is 2.55. The maximum absolute atomic E-state index is 7.82. The lowest BCUT2D eigenvalue weighted by molar-refractivity contribution is 0.670. The quantitative estimate of drug-likeness (QED) is 0.128. The van der Waals surface area contributed by atoms with E-state index in [4.69, 9.17) is 18.0 Å². The number of hydrogen-bond donors (Lipinski definition) is 1. The Hall–Kier alpha value is -8.28. The maximum atomic E-state index is 7.82. The third kappa shape index (κ3) is 6.15. The summed E-state index contributed by atoms with van der Waals surface area (Å²) in [6.45, 7) is 4.45. The first-order valence-corrected chi connectivity index (χ1v) is 22.7. The Bertz CT molecular complexity index is 3650. The molecule has 1 aliphatic heterocycles. The SMILES string of the molecule is [B]c1c2cc3c(oc4ccccc43)c1-c1cccc(-c3c(N)ccc4ccccc34)c1-c1ccc(N(c3ccccc3)c3ccccc3)cc1N2c1cccc(-c2ccccc2C)c1CC. The fourth-order valence-corrected chi connectivity index (χ4v) is 10.5. The van der Waals surface area contributed by atoms with Gasteiger partial charge in [-0.25, -0.2) is 0 Å². The first-order valence-electron chi connectivity index (χ1n) is 22.7. The zero-order chi connectivity index (χ0) is 44.5. The lowest BCUT2D eigenvalue weighted by atomic mass is 9.77. The molecule has 0 fully saturated rings. The normalized spacial score (nSPS) is 11.9. The van der Waals surface area contributed by atoms with Crippen molar-refractivity contribution in [2.45, 2.75) is 20.3 Å². The second-order valence-electron chi connectivity index (χ2n) is 17.2. The van der Waals surface area contributed by atoms with Crippen molar-refractivity contribution in [3.63, 3.8) is 0 Å². The van der Waals surface area contributed by atoms with Crippen LogP contribution in [0.25, 0.3) is 77.2 Å². The van der Waals surface area contributed by atoms with Crippen molar-refractivity contribution in [3.8, 4) is 44.5 Å². The van der Waals surface area contributed by atoms with E-state index in [1.807, 2.05) is 18.2 Å². The van der Waals surface area contributed by atoms with Crippen LogP contribution in [0.5, 0.6) is 0 Å². The Morgan fingerprint density at radius 3 is 1.88 bits per heavy atom. The van der Waals surface area contributed by atoms with Crippen LogP contribution in [0.3, 0.4) is 0 Å². The van der Waals surface area contributed by atoms with Gasteiger partial charge in [0.1, 0.15) is 19.0 Å². The minimum atomic E-state index is 0.633. The summed E-state index contributed by atoms with van der Waals surface area (Å²) in [5, 5.41) is 4.23. The van der Waals surface area contributed by atoms with Gasteiger partial charge in [0.25, 0.3) is 0 Å². The Labute approximate surface area is 386 Å². The Kier molecular flexibility index (Phi) is 9.39. The summed E-state index contributed by atoms with van der Waals surface area (Å²) in [7, 11) is 7.82. The smallest absolute Gasteiger partial charge is 0.142 e. The van der Waals surface area contributed by atoms with Gasteiger partial charge in [-0.1, -0.05) is 158 Å². The second kappa shape index (κ2) is 15.8. The number of fused-ring (bicyclic) bond motifs is 11. The molecule has 0 unspecified atom stereocenters. The van der Waals surface area contributed by atoms with E-state index < -0.39 is 0 Å². The summed E-state index contributed by atoms with van der Waals surface area (Å²) in [6.07, 6.45) is 0.781. The predicted molar refractivity (Wildman–Crippen MR) is 280 cm³/mol. The average molecular weight is 846 g/mol. The molecule has 0 aliphatic carbocycles. The zero-order valence-corrected chi connectivity index (χ0v) is 36.8. The van der Waals surface area contributed by atoms with E-state index in [2.05, 4.69) is 212 Å². The van der Waals surface area contributed by atoms with E-state index in [-0.39, 0.29) is 0 Å². The van der Waals surface area contributed by atoms with Gasteiger partial charge in [-0.2, -0.15) is 0 Å². The highest BCUT2D eigenvalue weighted by molar-refractivity contribution is 6.43. The first-order chi connectivity index (χ1) is 32.5. The number of hydrogen-bond acceptors (Lipinski definition) is 4. The third-order valence-electron chi connectivity index (χ3n) is 13.5. The highest BCUT2D eigenvalue weighted by atomic mass is 16.3. The molecular weight excluding hydrogens is 802 g/mol. The van der Waals surface area contributed by atoms with Gasteiger partial charge in [-0.3, -0.25) is 0 Å². The van der Waals surface area contributed by atoms with Crippen molar-refractivity contribution in [1.82, 2.24) is 0 Å². The summed E-state index contributed by atoms with van der Waals surface area (Å²) < 4.78 is 6.92. The fourth-order valence-electron chi connectivity index (χ4n) is 10.5. The van der Waals surface area contributed by atoms with Crippen molar-refractivity contribution in [1.29, 1.82) is 0 Å². The van der Waals surface area contributed by atoms with Crippen LogP contribution in [0.2, 0.25) is 0 Å². The molecule has 2 radical (unpaired) electrons. The second-order valence-corrected chi connectivity index (χ2v) is 17.2. The van der Waals surface area contributed by atoms with Crippen LogP contribution in [0, 0.1) is 6.92 Å². The van der Waals surface area contributed by atoms with Gasteiger partial charge in [0.05, 0.1) is 5.69 Å². The van der Waals surface area contributed by atoms with Crippen LogP contribution >= 0.6 is 0 Å². The molecule has 0 saturated heterocycles. The van der Waals surface area contributed by atoms with Crippen LogP contribution < -0.4 is 21.0 Å². The number of aryl methyl sites for hydroxylation is 1. The van der Waals surface area contributed by atoms with Gasteiger partial charge in [0.15, 0.2) is 0 Å². The van der Waals surface area contributed by atoms with Crippen molar-refractivity contribution in [2.75, 3.05) is 15.5 Å². The molecule has 4 nitrogen and oxygen atoms in total. The van der Waals surface area contributed by atoms with Crippen molar-refractivity contribution in [3.05, 3.63) is 217 Å². The van der Waals surface area contributed by atoms with E-state index in [0.717, 1.165) is 107 Å². The molecule has 0 atom stereocenters. The standard InChI is InChI=1S/C61H44BN3O/c1-3-43-46(44-24-12-10-18-38(44)2)27-17-30-53(43)65-54-36-42(64(40-20-6-4-7-21-40)41-22-8-5-9-23-41)33-34-48(54)57-49(58-45-25-13-11-19-39(45)32-35-52(58)63)28-16-29-50(57)59-60(62)55(65)37-51-47-26-14-15-31-56(47)66-61(51)59/h4-37H,3,63H2,1-2H3. The van der Waals surface area contributed by atoms with Gasteiger partial charge >= 0.3 is 0 Å². The zero-order valence-electron chi connectivity index (χ0n) is 36.8. The molecule has 66 heavy (non-hydrogen) atoms. The molecule has 1 aliphatic rings. The van der Waals surface area contributed by atoms with Crippen molar-refractivity contribution < 1.29 is 4.42 Å². The molecule has 5 heteroatoms. The van der Waals surface area contributed by atoms with Crippen LogP contribution in [-0.2, 0) is 6.42 Å². The summed E-state index contributed by atoms with van der Waals surface area (Å²) >= 11 is 0. The number of furan rings is 1. The minimum Gasteiger partial charge on any atom is -0.455 e. The number of rotatable bonds is 7. The van der Waals surface area contributed by atoms with Gasteiger partial charge < -0.3 is 20.0 Å². The average Bonchev–Trinajstić information content (AvgIpc) is 3.73. The molecule has 0 amide bonds. The van der Waals surface area contributed by atoms with Crippen LogP contribution in [-0.4, -0.2) is 7.85 Å². The number of para-hydroxylation sites is 3. The van der Waals surface area contributed by atoms with E-state index in [9.17, 15) is 0 Å². The van der Waals surface area contributed by atoms with E-state index in [0.29, 0.717) is 11.2 Å². The van der Waals surface area contributed by atoms with Gasteiger partial charge in [0, 0.05) is 61.6 Å². The monoisotopic (exact) mass is 845 g/mol. The molecule has 0 spiro atoms. The summed E-state index contributed by atoms with van der Waals surface area (Å²) in [4.78, 5) is 4.76. The summed E-state index contributed by atoms with van der Waals surface area (Å²) in [6, 6.07) is 73.2. The largest absolute Gasteiger partial charge is 0.455 e. The molecular formula is C61H44BN3O. The van der Waals surface area contributed by atoms with E-state index in [1.54, 1.807) is 0 Å². The topological polar surface area (TPSA) is 45.6 Å². The molecule has 11 aromatic rings. The summed E-state index contributed by atoms with van der Waals surface area (Å²) in [5.41, 5.74) is 26.8. The van der Waals surface area contributed by atoms with Crippen LogP contribution in [0.15, 0.2) is 211 Å². The maximum Gasteiger partial charge on any atom is 0.142 e. The number of benzene rings is 10. The third-order valence-corrected chi connectivity index (χ3v) is 13.5. The number of nitrogen functional groups attached to an aromatic ring is 1. The molecule has 2 heterocycles. The Balaban J connectivity index is 1.27. The summed E-state index contributed by atoms with van der Waals surface area (Å²) in [5.74, 6) is 0. The number of nitrogens with zero attached hydrogens (tertiary/aromatic N) is 2. The Morgan fingerprint density at radius 2 is 1.12 bits per heavy atom. The van der Waals surface area contributed by atoms with Gasteiger partial charge in [-0.15, -0.1) is 0 Å². The number of anilines is 7. The van der Waals surface area contributed by atoms with Crippen molar-refractivity contribution >= 4 is 85.8 Å². The lowest BCUT2D eigenvalue weighted by Crippen LogP contribution is -2.25. The van der Waals surface area contributed by atoms with Crippen LogP contribution in [0.4, 0.5) is 39.8 Å². The minimum absolute atomic E-state index is 0.633. The Morgan fingerprint density at radius 1 is 0.485 bits per heavy atom. The van der Waals surface area contributed by atoms with E-state index >= 15 is 0 Å². The lowest BCUT2D eigenvalue weighted by Gasteiger charge is -2.36. The highest BCUT2D eigenvalue weighted by Gasteiger charge is 2.33.